The van der Waals surface area contributed by atoms with Gasteiger partial charge in [-0.3, -0.25) is 4.79 Å². The van der Waals surface area contributed by atoms with Crippen molar-refractivity contribution in [3.63, 3.8) is 0 Å². The predicted molar refractivity (Wildman–Crippen MR) is 110 cm³/mol. The number of rotatable bonds is 6. The Kier molecular flexibility index (Phi) is 10.1. The lowest BCUT2D eigenvalue weighted by Gasteiger charge is -2.15. The molecule has 1 aliphatic heterocycles. The van der Waals surface area contributed by atoms with Gasteiger partial charge in [-0.1, -0.05) is 29.8 Å². The van der Waals surface area contributed by atoms with Crippen LogP contribution in [0.4, 0.5) is 0 Å². The first kappa shape index (κ1) is 21.0. The van der Waals surface area contributed by atoms with Crippen LogP contribution in [0.15, 0.2) is 29.3 Å². The van der Waals surface area contributed by atoms with E-state index in [1.54, 1.807) is 0 Å². The second-order valence-corrected chi connectivity index (χ2v) is 5.96. The molecular weight excluding hydrogens is 439 g/mol. The number of benzene rings is 1. The minimum atomic E-state index is 0. The van der Waals surface area contributed by atoms with Gasteiger partial charge in [-0.25, -0.2) is 4.99 Å². The van der Waals surface area contributed by atoms with Gasteiger partial charge in [0.2, 0.25) is 5.91 Å². The Labute approximate surface area is 166 Å². The SMILES string of the molecule is CCNC(=NCC(=O)N1CCCC1)NCCc1ccccc1Cl.I. The maximum absolute atomic E-state index is 12.0. The van der Waals surface area contributed by atoms with Crippen LogP contribution in [0.5, 0.6) is 0 Å². The third kappa shape index (κ3) is 6.84. The van der Waals surface area contributed by atoms with Gasteiger partial charge in [0.1, 0.15) is 6.54 Å². The fraction of sp³-hybridized carbons (Fsp3) is 0.529. The first-order chi connectivity index (χ1) is 11.2. The minimum absolute atomic E-state index is 0. The molecule has 0 spiro atoms. The smallest absolute Gasteiger partial charge is 0.244 e. The third-order valence-corrected chi connectivity index (χ3v) is 4.19. The summed E-state index contributed by atoms with van der Waals surface area (Å²) >= 11 is 6.15. The summed E-state index contributed by atoms with van der Waals surface area (Å²) in [6.07, 6.45) is 3.02. The highest BCUT2D eigenvalue weighted by molar-refractivity contribution is 14.0. The van der Waals surface area contributed by atoms with Crippen LogP contribution in [0.2, 0.25) is 5.02 Å². The number of likely N-dealkylation sites (tertiary alicyclic amines) is 1. The Morgan fingerprint density at radius 2 is 1.96 bits per heavy atom. The van der Waals surface area contributed by atoms with Crippen LogP contribution in [-0.2, 0) is 11.2 Å². The molecule has 0 saturated carbocycles. The van der Waals surface area contributed by atoms with E-state index in [-0.39, 0.29) is 36.4 Å². The standard InChI is InChI=1S/C17H25ClN4O.HI/c1-2-19-17(21-13-16(23)22-11-5-6-12-22)20-10-9-14-7-3-4-8-15(14)18;/h3-4,7-8H,2,5-6,9-13H2,1H3,(H2,19,20,21);1H. The zero-order valence-corrected chi connectivity index (χ0v) is 17.1. The van der Waals surface area contributed by atoms with Crippen LogP contribution >= 0.6 is 35.6 Å². The van der Waals surface area contributed by atoms with Crippen LogP contribution < -0.4 is 10.6 Å². The van der Waals surface area contributed by atoms with Gasteiger partial charge < -0.3 is 15.5 Å². The van der Waals surface area contributed by atoms with Crippen molar-refractivity contribution in [2.75, 3.05) is 32.7 Å². The number of halogens is 2. The van der Waals surface area contributed by atoms with Gasteiger partial charge in [-0.15, -0.1) is 24.0 Å². The Hall–Kier alpha value is -1.02. The molecule has 1 aromatic carbocycles. The monoisotopic (exact) mass is 464 g/mol. The molecule has 0 aliphatic carbocycles. The van der Waals surface area contributed by atoms with Gasteiger partial charge in [0.05, 0.1) is 0 Å². The zero-order valence-electron chi connectivity index (χ0n) is 14.1. The van der Waals surface area contributed by atoms with Gasteiger partial charge in [-0.05, 0) is 37.8 Å². The highest BCUT2D eigenvalue weighted by Gasteiger charge is 2.17. The van der Waals surface area contributed by atoms with E-state index in [9.17, 15) is 4.79 Å². The summed E-state index contributed by atoms with van der Waals surface area (Å²) < 4.78 is 0. The summed E-state index contributed by atoms with van der Waals surface area (Å²) in [4.78, 5) is 18.3. The lowest BCUT2D eigenvalue weighted by atomic mass is 10.1. The van der Waals surface area contributed by atoms with Crippen LogP contribution in [-0.4, -0.2) is 49.5 Å². The molecule has 7 heteroatoms. The molecule has 5 nitrogen and oxygen atoms in total. The molecule has 2 N–H and O–H groups in total. The van der Waals surface area contributed by atoms with Crippen molar-refractivity contribution in [2.45, 2.75) is 26.2 Å². The van der Waals surface area contributed by atoms with Gasteiger partial charge >= 0.3 is 0 Å². The zero-order chi connectivity index (χ0) is 16.5. The number of amides is 1. The first-order valence-electron chi connectivity index (χ1n) is 8.24. The number of nitrogens with zero attached hydrogens (tertiary/aromatic N) is 2. The number of hydrogen-bond acceptors (Lipinski definition) is 2. The second kappa shape index (κ2) is 11.5. The van der Waals surface area contributed by atoms with E-state index in [4.69, 9.17) is 11.6 Å². The van der Waals surface area contributed by atoms with Gasteiger partial charge in [0, 0.05) is 31.2 Å². The van der Waals surface area contributed by atoms with Crippen molar-refractivity contribution in [2.24, 2.45) is 4.99 Å². The average molecular weight is 465 g/mol. The molecule has 1 fully saturated rings. The third-order valence-electron chi connectivity index (χ3n) is 3.82. The molecule has 1 aromatic rings. The summed E-state index contributed by atoms with van der Waals surface area (Å²) in [5.41, 5.74) is 1.10. The number of carbonyl (C=O) groups is 1. The molecule has 1 heterocycles. The number of nitrogens with one attached hydrogen (secondary N) is 2. The molecule has 134 valence electrons. The first-order valence-corrected chi connectivity index (χ1v) is 8.62. The Bertz CT molecular complexity index is 547. The molecule has 1 amide bonds. The Morgan fingerprint density at radius 1 is 1.25 bits per heavy atom. The summed E-state index contributed by atoms with van der Waals surface area (Å²) in [7, 11) is 0. The molecule has 0 unspecified atom stereocenters. The fourth-order valence-corrected chi connectivity index (χ4v) is 2.80. The topological polar surface area (TPSA) is 56.7 Å². The molecule has 2 rings (SSSR count). The highest BCUT2D eigenvalue weighted by Crippen LogP contribution is 2.14. The van der Waals surface area contributed by atoms with E-state index in [1.807, 2.05) is 36.1 Å². The summed E-state index contributed by atoms with van der Waals surface area (Å²) in [6, 6.07) is 7.82. The van der Waals surface area contributed by atoms with Crippen LogP contribution in [0.25, 0.3) is 0 Å². The minimum Gasteiger partial charge on any atom is -0.357 e. The normalized spacial score (nSPS) is 14.2. The molecule has 0 aromatic heterocycles. The summed E-state index contributed by atoms with van der Waals surface area (Å²) in [6.45, 7) is 5.41. The highest BCUT2D eigenvalue weighted by atomic mass is 127. The molecule has 24 heavy (non-hydrogen) atoms. The van der Waals surface area contributed by atoms with E-state index in [2.05, 4.69) is 15.6 Å². The lowest BCUT2D eigenvalue weighted by molar-refractivity contribution is -0.128. The number of aliphatic imine (C=N–C) groups is 1. The predicted octanol–water partition coefficient (Wildman–Crippen LogP) is 2.68. The number of guanidine groups is 1. The van der Waals surface area contributed by atoms with Crippen LogP contribution in [0, 0.1) is 0 Å². The quantitative estimate of drug-likeness (QED) is 0.387. The van der Waals surface area contributed by atoms with Crippen molar-refractivity contribution in [3.05, 3.63) is 34.9 Å². The van der Waals surface area contributed by atoms with E-state index >= 15 is 0 Å². The average Bonchev–Trinajstić information content (AvgIpc) is 3.08. The van der Waals surface area contributed by atoms with E-state index in [0.717, 1.165) is 49.5 Å². The van der Waals surface area contributed by atoms with Crippen LogP contribution in [0.1, 0.15) is 25.3 Å². The summed E-state index contributed by atoms with van der Waals surface area (Å²) in [5, 5.41) is 7.19. The molecular formula is C17H26ClIN4O. The van der Waals surface area contributed by atoms with E-state index < -0.39 is 0 Å². The molecule has 0 bridgehead atoms. The van der Waals surface area contributed by atoms with Crippen molar-refractivity contribution >= 4 is 47.4 Å². The van der Waals surface area contributed by atoms with Crippen molar-refractivity contribution in [1.82, 2.24) is 15.5 Å². The second-order valence-electron chi connectivity index (χ2n) is 5.55. The maximum Gasteiger partial charge on any atom is 0.244 e. The fourth-order valence-electron chi connectivity index (χ4n) is 2.57. The van der Waals surface area contributed by atoms with Crippen molar-refractivity contribution in [3.8, 4) is 0 Å². The largest absolute Gasteiger partial charge is 0.357 e. The maximum atomic E-state index is 12.0. The van der Waals surface area contributed by atoms with E-state index in [0.29, 0.717) is 12.5 Å². The molecule has 1 saturated heterocycles. The number of hydrogen-bond donors (Lipinski definition) is 2. The molecule has 0 atom stereocenters. The Morgan fingerprint density at radius 3 is 2.62 bits per heavy atom. The molecule has 0 radical (unpaired) electrons. The van der Waals surface area contributed by atoms with Crippen molar-refractivity contribution in [1.29, 1.82) is 0 Å². The van der Waals surface area contributed by atoms with Crippen LogP contribution in [0.3, 0.4) is 0 Å². The lowest BCUT2D eigenvalue weighted by Crippen LogP contribution is -2.39. The Balaban J connectivity index is 0.00000288. The van der Waals surface area contributed by atoms with E-state index in [1.165, 1.54) is 0 Å². The van der Waals surface area contributed by atoms with Crippen molar-refractivity contribution < 1.29 is 4.79 Å². The molecule has 1 aliphatic rings. The number of carbonyl (C=O) groups excluding carboxylic acids is 1. The van der Waals surface area contributed by atoms with Gasteiger partial charge in [0.15, 0.2) is 5.96 Å². The summed E-state index contributed by atoms with van der Waals surface area (Å²) in [5.74, 6) is 0.776. The van der Waals surface area contributed by atoms with Gasteiger partial charge in [-0.2, -0.15) is 0 Å². The van der Waals surface area contributed by atoms with Gasteiger partial charge in [0.25, 0.3) is 0 Å².